The summed E-state index contributed by atoms with van der Waals surface area (Å²) >= 11 is 0. The fourth-order valence-corrected chi connectivity index (χ4v) is 2.82. The molecule has 1 aliphatic carbocycles. The van der Waals surface area contributed by atoms with Crippen molar-refractivity contribution in [3.05, 3.63) is 29.3 Å². The van der Waals surface area contributed by atoms with Crippen LogP contribution in [0.1, 0.15) is 24.0 Å². The first-order chi connectivity index (χ1) is 8.14. The molecule has 3 heteroatoms. The molecule has 0 amide bonds. The third-order valence-corrected chi connectivity index (χ3v) is 3.94. The molecule has 1 saturated heterocycles. The topological polar surface area (TPSA) is 47.3 Å². The number of aryl methyl sites for hydroxylation is 1. The highest BCUT2D eigenvalue weighted by Gasteiger charge is 2.52. The van der Waals surface area contributed by atoms with Crippen LogP contribution in [-0.2, 0) is 0 Å². The Balaban J connectivity index is 1.85. The minimum Gasteiger partial charge on any atom is -0.386 e. The van der Waals surface area contributed by atoms with E-state index in [0.717, 1.165) is 24.1 Å². The molecular weight excluding hydrogens is 212 g/mol. The van der Waals surface area contributed by atoms with Crippen molar-refractivity contribution in [3.8, 4) is 6.07 Å². The summed E-state index contributed by atoms with van der Waals surface area (Å²) in [5.74, 6) is 0.494. The van der Waals surface area contributed by atoms with Crippen molar-refractivity contribution in [2.24, 2.45) is 5.92 Å². The summed E-state index contributed by atoms with van der Waals surface area (Å²) in [6.07, 6.45) is 2.31. The summed E-state index contributed by atoms with van der Waals surface area (Å²) in [5, 5.41) is 19.4. The van der Waals surface area contributed by atoms with E-state index in [1.807, 2.05) is 25.1 Å². The van der Waals surface area contributed by atoms with Gasteiger partial charge in [-0.15, -0.1) is 0 Å². The summed E-state index contributed by atoms with van der Waals surface area (Å²) in [6.45, 7) is 3.37. The summed E-state index contributed by atoms with van der Waals surface area (Å²) in [6, 6.07) is 8.00. The zero-order valence-corrected chi connectivity index (χ0v) is 9.98. The molecule has 1 aromatic carbocycles. The minimum atomic E-state index is -0.491. The lowest BCUT2D eigenvalue weighted by atomic mass is 9.87. The van der Waals surface area contributed by atoms with E-state index in [-0.39, 0.29) is 0 Å². The number of hydrogen-bond donors (Lipinski definition) is 1. The van der Waals surface area contributed by atoms with Crippen molar-refractivity contribution in [3.63, 3.8) is 0 Å². The SMILES string of the molecule is Cc1cccc(C#N)c1N1CC(O)(C2CC2)C1. The molecule has 1 heterocycles. The Morgan fingerprint density at radius 2 is 2.12 bits per heavy atom. The van der Waals surface area contributed by atoms with Crippen LogP contribution in [0.5, 0.6) is 0 Å². The van der Waals surface area contributed by atoms with E-state index in [0.29, 0.717) is 24.6 Å². The number of rotatable bonds is 2. The molecule has 1 aliphatic heterocycles. The molecule has 2 aliphatic rings. The normalized spacial score (nSPS) is 21.8. The van der Waals surface area contributed by atoms with Crippen molar-refractivity contribution in [2.75, 3.05) is 18.0 Å². The smallest absolute Gasteiger partial charge is 0.102 e. The summed E-state index contributed by atoms with van der Waals surface area (Å²) < 4.78 is 0. The number of β-amino-alcohol motifs (C(OH)–C–C–N with tert-alkyl or cyclic N) is 1. The number of para-hydroxylation sites is 1. The zero-order valence-electron chi connectivity index (χ0n) is 9.98. The van der Waals surface area contributed by atoms with Crippen LogP contribution in [0.15, 0.2) is 18.2 Å². The van der Waals surface area contributed by atoms with Gasteiger partial charge in [0.25, 0.3) is 0 Å². The van der Waals surface area contributed by atoms with Gasteiger partial charge >= 0.3 is 0 Å². The fourth-order valence-electron chi connectivity index (χ4n) is 2.82. The van der Waals surface area contributed by atoms with Crippen LogP contribution in [0.2, 0.25) is 0 Å². The van der Waals surface area contributed by atoms with Crippen molar-refractivity contribution in [2.45, 2.75) is 25.4 Å². The van der Waals surface area contributed by atoms with Crippen LogP contribution in [0, 0.1) is 24.2 Å². The quantitative estimate of drug-likeness (QED) is 0.840. The van der Waals surface area contributed by atoms with Crippen LogP contribution in [-0.4, -0.2) is 23.8 Å². The van der Waals surface area contributed by atoms with Crippen molar-refractivity contribution in [1.82, 2.24) is 0 Å². The molecule has 0 radical (unpaired) electrons. The molecule has 88 valence electrons. The first kappa shape index (κ1) is 10.6. The number of aliphatic hydroxyl groups is 1. The molecule has 3 nitrogen and oxygen atoms in total. The van der Waals surface area contributed by atoms with Gasteiger partial charge in [0.1, 0.15) is 11.7 Å². The Kier molecular flexibility index (Phi) is 2.17. The summed E-state index contributed by atoms with van der Waals surface area (Å²) in [7, 11) is 0. The number of benzene rings is 1. The van der Waals surface area contributed by atoms with Crippen LogP contribution in [0.3, 0.4) is 0 Å². The van der Waals surface area contributed by atoms with Gasteiger partial charge in [0.15, 0.2) is 0 Å². The van der Waals surface area contributed by atoms with Crippen molar-refractivity contribution >= 4 is 5.69 Å². The lowest BCUT2D eigenvalue weighted by Crippen LogP contribution is -2.63. The summed E-state index contributed by atoms with van der Waals surface area (Å²) in [5.41, 5.74) is 2.33. The second-order valence-corrected chi connectivity index (χ2v) is 5.32. The van der Waals surface area contributed by atoms with E-state index in [1.165, 1.54) is 0 Å². The molecule has 0 atom stereocenters. The number of nitriles is 1. The van der Waals surface area contributed by atoms with Gasteiger partial charge in [-0.1, -0.05) is 12.1 Å². The first-order valence-electron chi connectivity index (χ1n) is 6.11. The van der Waals surface area contributed by atoms with Gasteiger partial charge in [-0.25, -0.2) is 0 Å². The number of anilines is 1. The standard InChI is InChI=1S/C14H16N2O/c1-10-3-2-4-11(7-15)13(10)16-8-14(17,9-16)12-5-6-12/h2-4,12,17H,5-6,8-9H2,1H3. The van der Waals surface area contributed by atoms with Crippen molar-refractivity contribution in [1.29, 1.82) is 5.26 Å². The van der Waals surface area contributed by atoms with E-state index in [9.17, 15) is 5.11 Å². The van der Waals surface area contributed by atoms with Crippen LogP contribution in [0.25, 0.3) is 0 Å². The highest BCUT2D eigenvalue weighted by molar-refractivity contribution is 5.66. The monoisotopic (exact) mass is 228 g/mol. The maximum atomic E-state index is 10.3. The molecule has 1 saturated carbocycles. The third-order valence-electron chi connectivity index (χ3n) is 3.94. The Morgan fingerprint density at radius 3 is 2.71 bits per heavy atom. The van der Waals surface area contributed by atoms with Crippen molar-refractivity contribution < 1.29 is 5.11 Å². The minimum absolute atomic E-state index is 0.491. The maximum absolute atomic E-state index is 10.3. The molecule has 1 N–H and O–H groups in total. The van der Waals surface area contributed by atoms with Gasteiger partial charge in [0.05, 0.1) is 11.3 Å². The first-order valence-corrected chi connectivity index (χ1v) is 6.11. The summed E-state index contributed by atoms with van der Waals surface area (Å²) in [4.78, 5) is 2.13. The van der Waals surface area contributed by atoms with Gasteiger partial charge in [-0.05, 0) is 37.3 Å². The molecule has 0 bridgehead atoms. The predicted molar refractivity (Wildman–Crippen MR) is 65.8 cm³/mol. The Bertz CT molecular complexity index is 493. The molecule has 3 rings (SSSR count). The highest BCUT2D eigenvalue weighted by atomic mass is 16.3. The molecule has 2 fully saturated rings. The largest absolute Gasteiger partial charge is 0.386 e. The predicted octanol–water partition coefficient (Wildman–Crippen LogP) is 1.83. The number of nitrogens with zero attached hydrogens (tertiary/aromatic N) is 2. The Labute approximate surface area is 101 Å². The van der Waals surface area contributed by atoms with E-state index in [1.54, 1.807) is 0 Å². The fraction of sp³-hybridized carbons (Fsp3) is 0.500. The molecule has 1 aromatic rings. The lowest BCUT2D eigenvalue weighted by molar-refractivity contribution is -0.00937. The molecular formula is C14H16N2O. The van der Waals surface area contributed by atoms with Crippen LogP contribution in [0.4, 0.5) is 5.69 Å². The van der Waals surface area contributed by atoms with Crippen LogP contribution < -0.4 is 4.90 Å². The van der Waals surface area contributed by atoms with E-state index in [2.05, 4.69) is 11.0 Å². The van der Waals surface area contributed by atoms with Gasteiger partial charge in [-0.3, -0.25) is 0 Å². The van der Waals surface area contributed by atoms with Gasteiger partial charge in [0, 0.05) is 13.1 Å². The molecule has 0 unspecified atom stereocenters. The average molecular weight is 228 g/mol. The zero-order chi connectivity index (χ0) is 12.0. The molecule has 0 spiro atoms. The third kappa shape index (κ3) is 1.60. The van der Waals surface area contributed by atoms with E-state index in [4.69, 9.17) is 5.26 Å². The lowest BCUT2D eigenvalue weighted by Gasteiger charge is -2.49. The van der Waals surface area contributed by atoms with E-state index >= 15 is 0 Å². The molecule has 17 heavy (non-hydrogen) atoms. The van der Waals surface area contributed by atoms with E-state index < -0.39 is 5.60 Å². The Morgan fingerprint density at radius 1 is 1.41 bits per heavy atom. The van der Waals surface area contributed by atoms with Gasteiger partial charge < -0.3 is 10.0 Å². The van der Waals surface area contributed by atoms with Crippen LogP contribution >= 0.6 is 0 Å². The maximum Gasteiger partial charge on any atom is 0.102 e. The number of hydrogen-bond acceptors (Lipinski definition) is 3. The van der Waals surface area contributed by atoms with Gasteiger partial charge in [0.2, 0.25) is 0 Å². The molecule has 0 aromatic heterocycles. The van der Waals surface area contributed by atoms with Gasteiger partial charge in [-0.2, -0.15) is 5.26 Å². The Hall–Kier alpha value is -1.53. The second-order valence-electron chi connectivity index (χ2n) is 5.32. The average Bonchev–Trinajstić information content (AvgIpc) is 3.09. The second kappa shape index (κ2) is 3.48. The highest BCUT2D eigenvalue weighted by Crippen LogP contribution is 2.46.